The monoisotopic (exact) mass is 358 g/mol. The molecular weight excluding hydrogens is 339 g/mol. The number of nitrogens with zero attached hydrogens (tertiary/aromatic N) is 1. The van der Waals surface area contributed by atoms with Crippen LogP contribution in [0.5, 0.6) is 5.75 Å². The fourth-order valence-electron chi connectivity index (χ4n) is 2.87. The summed E-state index contributed by atoms with van der Waals surface area (Å²) in [5.41, 5.74) is 0.630. The Morgan fingerprint density at radius 2 is 1.92 bits per heavy atom. The van der Waals surface area contributed by atoms with E-state index in [1.807, 2.05) is 0 Å². The molecule has 1 heterocycles. The predicted molar refractivity (Wildman–Crippen MR) is 93.4 cm³/mol. The molecule has 7 heteroatoms. The topological polar surface area (TPSA) is 78.9 Å². The lowest BCUT2D eigenvalue weighted by molar-refractivity contribution is -0.119. The third-order valence-corrected chi connectivity index (χ3v) is 4.29. The van der Waals surface area contributed by atoms with Gasteiger partial charge in [-0.15, -0.1) is 0 Å². The number of aliphatic hydroxyl groups excluding tert-OH is 1. The smallest absolute Gasteiger partial charge is 0.410 e. The summed E-state index contributed by atoms with van der Waals surface area (Å²) in [6.07, 6.45) is -1.46. The number of benzene rings is 2. The maximum atomic E-state index is 13.6. The summed E-state index contributed by atoms with van der Waals surface area (Å²) in [6.45, 7) is 1.54. The molecule has 3 rings (SSSR count). The minimum atomic E-state index is -0.899. The number of carbonyl (C=O) groups excluding carboxylic acids is 2. The van der Waals surface area contributed by atoms with Crippen LogP contribution in [0.25, 0.3) is 0 Å². The maximum Gasteiger partial charge on any atom is 0.416 e. The van der Waals surface area contributed by atoms with E-state index in [0.29, 0.717) is 17.0 Å². The second-order valence-corrected chi connectivity index (χ2v) is 6.14. The van der Waals surface area contributed by atoms with E-state index in [1.54, 1.807) is 43.3 Å². The molecule has 0 aromatic heterocycles. The first-order chi connectivity index (χ1) is 12.5. The van der Waals surface area contributed by atoms with Crippen LogP contribution >= 0.6 is 0 Å². The highest BCUT2D eigenvalue weighted by Crippen LogP contribution is 2.23. The molecule has 1 saturated heterocycles. The van der Waals surface area contributed by atoms with Crippen molar-refractivity contribution < 1.29 is 23.8 Å². The maximum absolute atomic E-state index is 13.6. The summed E-state index contributed by atoms with van der Waals surface area (Å²) < 4.78 is 18.9. The van der Waals surface area contributed by atoms with Crippen molar-refractivity contribution in [2.24, 2.45) is 0 Å². The van der Waals surface area contributed by atoms with Crippen LogP contribution in [0, 0.1) is 12.7 Å². The van der Waals surface area contributed by atoms with Gasteiger partial charge in [0.05, 0.1) is 12.6 Å². The van der Waals surface area contributed by atoms with Gasteiger partial charge in [-0.25, -0.2) is 9.18 Å². The quantitative estimate of drug-likeness (QED) is 0.884. The third kappa shape index (κ3) is 3.83. The highest BCUT2D eigenvalue weighted by Gasteiger charge is 2.40. The number of rotatable bonds is 3. The zero-order valence-electron chi connectivity index (χ0n) is 14.2. The van der Waals surface area contributed by atoms with Gasteiger partial charge in [-0.05, 0) is 31.2 Å². The van der Waals surface area contributed by atoms with E-state index < -0.39 is 30.0 Å². The van der Waals surface area contributed by atoms with Gasteiger partial charge in [0.2, 0.25) is 5.91 Å². The molecular formula is C19H19FN2O4. The number of ether oxygens (including phenoxy) is 1. The number of nitrogens with one attached hydrogen (secondary N) is 1. The normalized spacial score (nSPS) is 19.3. The molecule has 2 aromatic carbocycles. The van der Waals surface area contributed by atoms with E-state index in [0.717, 1.165) is 0 Å². The Morgan fingerprint density at radius 1 is 1.19 bits per heavy atom. The van der Waals surface area contributed by atoms with E-state index in [9.17, 15) is 19.1 Å². The number of amides is 2. The Hall–Kier alpha value is -2.93. The number of para-hydroxylation sites is 1. The van der Waals surface area contributed by atoms with E-state index in [2.05, 4.69) is 5.32 Å². The van der Waals surface area contributed by atoms with Gasteiger partial charge in [-0.2, -0.15) is 0 Å². The molecule has 1 aliphatic rings. The molecule has 2 amide bonds. The fraction of sp³-hybridized carbons (Fsp3) is 0.263. The Balaban J connectivity index is 1.73. The van der Waals surface area contributed by atoms with Crippen molar-refractivity contribution in [1.82, 2.24) is 4.90 Å². The number of anilines is 1. The summed E-state index contributed by atoms with van der Waals surface area (Å²) in [7, 11) is 0. The molecule has 26 heavy (non-hydrogen) atoms. The van der Waals surface area contributed by atoms with Crippen molar-refractivity contribution in [3.8, 4) is 5.75 Å². The number of hydrogen-bond donors (Lipinski definition) is 2. The van der Waals surface area contributed by atoms with Gasteiger partial charge >= 0.3 is 6.09 Å². The van der Waals surface area contributed by atoms with Crippen LogP contribution in [0.2, 0.25) is 0 Å². The molecule has 2 atom stereocenters. The lowest BCUT2D eigenvalue weighted by Crippen LogP contribution is -2.44. The van der Waals surface area contributed by atoms with Gasteiger partial charge in [0.25, 0.3) is 0 Å². The second kappa shape index (κ2) is 7.53. The number of hydrogen-bond acceptors (Lipinski definition) is 4. The van der Waals surface area contributed by atoms with Gasteiger partial charge in [-0.1, -0.05) is 24.3 Å². The van der Waals surface area contributed by atoms with E-state index >= 15 is 0 Å². The van der Waals surface area contributed by atoms with E-state index in [4.69, 9.17) is 4.74 Å². The van der Waals surface area contributed by atoms with Crippen molar-refractivity contribution in [3.05, 3.63) is 59.9 Å². The molecule has 0 unspecified atom stereocenters. The van der Waals surface area contributed by atoms with Gasteiger partial charge in [0, 0.05) is 17.7 Å². The van der Waals surface area contributed by atoms with Crippen molar-refractivity contribution in [1.29, 1.82) is 0 Å². The number of aliphatic hydroxyl groups is 1. The number of carbonyl (C=O) groups is 2. The van der Waals surface area contributed by atoms with E-state index in [-0.39, 0.29) is 13.0 Å². The Morgan fingerprint density at radius 3 is 2.65 bits per heavy atom. The van der Waals surface area contributed by atoms with E-state index in [1.165, 1.54) is 17.0 Å². The molecule has 1 aliphatic heterocycles. The van der Waals surface area contributed by atoms with Crippen LogP contribution in [0.15, 0.2) is 48.5 Å². The van der Waals surface area contributed by atoms with Crippen LogP contribution in [-0.4, -0.2) is 40.7 Å². The second-order valence-electron chi connectivity index (χ2n) is 6.14. The molecule has 2 N–H and O–H groups in total. The number of likely N-dealkylation sites (tertiary alicyclic amines) is 1. The summed E-state index contributed by atoms with van der Waals surface area (Å²) in [5.74, 6) is -0.589. The first-order valence-corrected chi connectivity index (χ1v) is 8.23. The summed E-state index contributed by atoms with van der Waals surface area (Å²) in [5, 5.41) is 12.5. The molecule has 1 fully saturated rings. The van der Waals surface area contributed by atoms with Crippen molar-refractivity contribution >= 4 is 17.7 Å². The molecule has 6 nitrogen and oxygen atoms in total. The van der Waals surface area contributed by atoms with Gasteiger partial charge in [0.15, 0.2) is 0 Å². The first-order valence-electron chi connectivity index (χ1n) is 8.23. The van der Waals surface area contributed by atoms with Crippen LogP contribution in [0.3, 0.4) is 0 Å². The van der Waals surface area contributed by atoms with Crippen molar-refractivity contribution in [2.75, 3.05) is 11.9 Å². The summed E-state index contributed by atoms with van der Waals surface area (Å²) in [6, 6.07) is 11.9. The molecule has 2 aromatic rings. The minimum absolute atomic E-state index is 0.00805. The first kappa shape index (κ1) is 17.9. The van der Waals surface area contributed by atoms with Crippen LogP contribution in [-0.2, 0) is 4.79 Å². The third-order valence-electron chi connectivity index (χ3n) is 4.29. The Bertz CT molecular complexity index is 812. The molecule has 0 aliphatic carbocycles. The highest BCUT2D eigenvalue weighted by molar-refractivity contribution is 5.97. The lowest BCUT2D eigenvalue weighted by atomic mass is 10.1. The van der Waals surface area contributed by atoms with Crippen molar-refractivity contribution in [2.45, 2.75) is 25.5 Å². The number of β-amino-alcohol motifs (C(OH)–C–C–N with tert-alkyl or cyclic N) is 1. The van der Waals surface area contributed by atoms with Gasteiger partial charge in [-0.3, -0.25) is 9.69 Å². The van der Waals surface area contributed by atoms with Gasteiger partial charge in [0.1, 0.15) is 17.6 Å². The summed E-state index contributed by atoms with van der Waals surface area (Å²) >= 11 is 0. The van der Waals surface area contributed by atoms with Crippen LogP contribution in [0.4, 0.5) is 14.9 Å². The largest absolute Gasteiger partial charge is 0.416 e. The molecule has 0 saturated carbocycles. The van der Waals surface area contributed by atoms with Crippen molar-refractivity contribution in [3.63, 3.8) is 0 Å². The Kier molecular flexibility index (Phi) is 5.18. The zero-order valence-corrected chi connectivity index (χ0v) is 14.2. The minimum Gasteiger partial charge on any atom is -0.410 e. The average Bonchev–Trinajstić information content (AvgIpc) is 3.02. The SMILES string of the molecule is Cc1c(F)cccc1NC(=O)[C@@H]1C[C@H](O)CN1C(=O)Oc1ccccc1. The van der Waals surface area contributed by atoms with Crippen LogP contribution < -0.4 is 10.1 Å². The molecule has 136 valence electrons. The van der Waals surface area contributed by atoms with Crippen LogP contribution in [0.1, 0.15) is 12.0 Å². The standard InChI is InChI=1S/C19H19FN2O4/c1-12-15(20)8-5-9-16(12)21-18(24)17-10-13(23)11-22(17)19(25)26-14-6-3-2-4-7-14/h2-9,13,17,23H,10-11H2,1H3,(H,21,24)/t13-,17-/m0/s1. The predicted octanol–water partition coefficient (Wildman–Crippen LogP) is 2.71. The Labute approximate surface area is 150 Å². The number of halogens is 1. The average molecular weight is 358 g/mol. The molecule has 0 radical (unpaired) electrons. The molecule has 0 bridgehead atoms. The van der Waals surface area contributed by atoms with Gasteiger partial charge < -0.3 is 15.2 Å². The fourth-order valence-corrected chi connectivity index (χ4v) is 2.87. The lowest BCUT2D eigenvalue weighted by Gasteiger charge is -2.23. The summed E-state index contributed by atoms with van der Waals surface area (Å²) in [4.78, 5) is 26.2. The zero-order chi connectivity index (χ0) is 18.7. The highest BCUT2D eigenvalue weighted by atomic mass is 19.1. The molecule has 0 spiro atoms.